The first-order valence-corrected chi connectivity index (χ1v) is 6.49. The summed E-state index contributed by atoms with van der Waals surface area (Å²) in [6.45, 7) is 2.11. The van der Waals surface area contributed by atoms with Gasteiger partial charge in [-0.15, -0.1) is 0 Å². The van der Waals surface area contributed by atoms with Crippen LogP contribution in [0.1, 0.15) is 39.0 Å². The highest BCUT2D eigenvalue weighted by atomic mass is 16.7. The average molecular weight is 260 g/mol. The van der Waals surface area contributed by atoms with Crippen LogP contribution < -0.4 is 0 Å². The van der Waals surface area contributed by atoms with Crippen molar-refractivity contribution in [2.45, 2.75) is 50.9 Å². The third-order valence-electron chi connectivity index (χ3n) is 3.68. The number of rotatable bonds is 7. The van der Waals surface area contributed by atoms with Gasteiger partial charge in [0.15, 0.2) is 6.29 Å². The Kier molecular flexibility index (Phi) is 6.05. The maximum Gasteiger partial charge on any atom is 0.308 e. The molecule has 1 fully saturated rings. The number of hydrogen-bond donors (Lipinski definition) is 1. The van der Waals surface area contributed by atoms with Crippen molar-refractivity contribution in [3.63, 3.8) is 0 Å². The van der Waals surface area contributed by atoms with E-state index in [2.05, 4.69) is 0 Å². The molecular weight excluding hydrogens is 236 g/mol. The molecular formula is C13H24O5. The minimum Gasteiger partial charge on any atom is -0.466 e. The van der Waals surface area contributed by atoms with Crippen molar-refractivity contribution < 1.29 is 24.1 Å². The van der Waals surface area contributed by atoms with E-state index >= 15 is 0 Å². The molecule has 106 valence electrons. The normalized spacial score (nSPS) is 27.7. The Labute approximate surface area is 108 Å². The second kappa shape index (κ2) is 7.07. The van der Waals surface area contributed by atoms with Crippen LogP contribution in [0.4, 0.5) is 0 Å². The molecule has 0 heterocycles. The summed E-state index contributed by atoms with van der Waals surface area (Å²) >= 11 is 0. The quantitative estimate of drug-likeness (QED) is 0.555. The number of hydrogen-bond acceptors (Lipinski definition) is 5. The first kappa shape index (κ1) is 15.4. The van der Waals surface area contributed by atoms with Crippen LogP contribution >= 0.6 is 0 Å². The molecule has 1 saturated carbocycles. The molecule has 1 N–H and O–H groups in total. The standard InChI is InChI=1S/C13H24O5/c1-4-18-11(14)9-13(15)7-5-6-10(13)8-12(16-2)17-3/h10,12,15H,4-9H2,1-3H3/t10-,13+/m1/s1. The van der Waals surface area contributed by atoms with E-state index in [0.717, 1.165) is 12.8 Å². The number of methoxy groups -OCH3 is 2. The first-order valence-electron chi connectivity index (χ1n) is 6.49. The fraction of sp³-hybridized carbons (Fsp3) is 0.923. The molecule has 0 aliphatic heterocycles. The number of esters is 1. The Morgan fingerprint density at radius 1 is 1.44 bits per heavy atom. The molecule has 0 radical (unpaired) electrons. The monoisotopic (exact) mass is 260 g/mol. The molecule has 1 aliphatic carbocycles. The van der Waals surface area contributed by atoms with E-state index in [0.29, 0.717) is 19.4 Å². The summed E-state index contributed by atoms with van der Waals surface area (Å²) in [6.07, 6.45) is 2.77. The van der Waals surface area contributed by atoms with Crippen LogP contribution in [0.25, 0.3) is 0 Å². The van der Waals surface area contributed by atoms with E-state index in [-0.39, 0.29) is 24.6 Å². The van der Waals surface area contributed by atoms with Crippen LogP contribution in [0.5, 0.6) is 0 Å². The van der Waals surface area contributed by atoms with Gasteiger partial charge in [-0.2, -0.15) is 0 Å². The highest BCUT2D eigenvalue weighted by Gasteiger charge is 2.43. The highest BCUT2D eigenvalue weighted by Crippen LogP contribution is 2.41. The van der Waals surface area contributed by atoms with Gasteiger partial charge in [0.05, 0.1) is 18.6 Å². The van der Waals surface area contributed by atoms with Gasteiger partial charge in [0.25, 0.3) is 0 Å². The molecule has 0 unspecified atom stereocenters. The third-order valence-corrected chi connectivity index (χ3v) is 3.68. The molecule has 0 saturated heterocycles. The molecule has 0 aromatic rings. The molecule has 1 rings (SSSR count). The second-order valence-corrected chi connectivity index (χ2v) is 4.81. The zero-order valence-corrected chi connectivity index (χ0v) is 11.5. The topological polar surface area (TPSA) is 65.0 Å². The van der Waals surface area contributed by atoms with Gasteiger partial charge in [-0.25, -0.2) is 0 Å². The van der Waals surface area contributed by atoms with Crippen LogP contribution in [-0.2, 0) is 19.0 Å². The third kappa shape index (κ3) is 3.93. The van der Waals surface area contributed by atoms with Crippen molar-refractivity contribution in [3.05, 3.63) is 0 Å². The number of carbonyl (C=O) groups excluding carboxylic acids is 1. The summed E-state index contributed by atoms with van der Waals surface area (Å²) in [5.41, 5.74) is -0.971. The van der Waals surface area contributed by atoms with E-state index in [1.54, 1.807) is 21.1 Å². The van der Waals surface area contributed by atoms with Crippen LogP contribution in [0.3, 0.4) is 0 Å². The van der Waals surface area contributed by atoms with Crippen molar-refractivity contribution in [2.75, 3.05) is 20.8 Å². The SMILES string of the molecule is CCOC(=O)C[C@@]1(O)CCC[C@@H]1CC(OC)OC. The predicted octanol–water partition coefficient (Wildman–Crippen LogP) is 1.48. The van der Waals surface area contributed by atoms with Crippen LogP contribution in [-0.4, -0.2) is 43.8 Å². The molecule has 2 atom stereocenters. The summed E-state index contributed by atoms with van der Waals surface area (Å²) in [6, 6.07) is 0. The number of carbonyl (C=O) groups is 1. The molecule has 5 nitrogen and oxygen atoms in total. The zero-order valence-electron chi connectivity index (χ0n) is 11.5. The maximum atomic E-state index is 11.5. The van der Waals surface area contributed by atoms with Gasteiger partial charge in [0.2, 0.25) is 0 Å². The largest absolute Gasteiger partial charge is 0.466 e. The Morgan fingerprint density at radius 3 is 2.67 bits per heavy atom. The van der Waals surface area contributed by atoms with Crippen molar-refractivity contribution in [1.29, 1.82) is 0 Å². The Bertz CT molecular complexity index is 264. The van der Waals surface area contributed by atoms with Gasteiger partial charge in [-0.1, -0.05) is 6.42 Å². The van der Waals surface area contributed by atoms with Gasteiger partial charge < -0.3 is 19.3 Å². The fourth-order valence-electron chi connectivity index (χ4n) is 2.68. The Balaban J connectivity index is 2.58. The maximum absolute atomic E-state index is 11.5. The highest BCUT2D eigenvalue weighted by molar-refractivity contribution is 5.70. The molecule has 0 amide bonds. The van der Waals surface area contributed by atoms with Gasteiger partial charge in [0.1, 0.15) is 0 Å². The summed E-state index contributed by atoms with van der Waals surface area (Å²) in [4.78, 5) is 11.5. The lowest BCUT2D eigenvalue weighted by molar-refractivity contribution is -0.155. The van der Waals surface area contributed by atoms with E-state index in [9.17, 15) is 9.90 Å². The Hall–Kier alpha value is -0.650. The summed E-state index contributed by atoms with van der Waals surface area (Å²) in [5, 5.41) is 10.6. The van der Waals surface area contributed by atoms with Crippen LogP contribution in [0.15, 0.2) is 0 Å². The molecule has 18 heavy (non-hydrogen) atoms. The summed E-state index contributed by atoms with van der Waals surface area (Å²) < 4.78 is 15.2. The molecule has 0 aromatic carbocycles. The minimum absolute atomic E-state index is 0.0202. The minimum atomic E-state index is -0.971. The lowest BCUT2D eigenvalue weighted by atomic mass is 9.85. The van der Waals surface area contributed by atoms with Crippen LogP contribution in [0, 0.1) is 5.92 Å². The number of aliphatic hydroxyl groups is 1. The second-order valence-electron chi connectivity index (χ2n) is 4.81. The fourth-order valence-corrected chi connectivity index (χ4v) is 2.68. The smallest absolute Gasteiger partial charge is 0.308 e. The van der Waals surface area contributed by atoms with Gasteiger partial charge >= 0.3 is 5.97 Å². The molecule has 1 aliphatic rings. The van der Waals surface area contributed by atoms with E-state index in [1.165, 1.54) is 0 Å². The molecule has 0 aromatic heterocycles. The molecule has 5 heteroatoms. The van der Waals surface area contributed by atoms with E-state index in [1.807, 2.05) is 0 Å². The van der Waals surface area contributed by atoms with E-state index in [4.69, 9.17) is 14.2 Å². The lowest BCUT2D eigenvalue weighted by Gasteiger charge is -2.31. The van der Waals surface area contributed by atoms with Crippen molar-refractivity contribution >= 4 is 5.97 Å². The summed E-state index contributed by atoms with van der Waals surface area (Å²) in [7, 11) is 3.15. The zero-order chi connectivity index (χ0) is 13.6. The predicted molar refractivity (Wildman–Crippen MR) is 66.0 cm³/mol. The van der Waals surface area contributed by atoms with Crippen molar-refractivity contribution in [1.82, 2.24) is 0 Å². The first-order chi connectivity index (χ1) is 8.55. The molecule has 0 bridgehead atoms. The lowest BCUT2D eigenvalue weighted by Crippen LogP contribution is -2.38. The van der Waals surface area contributed by atoms with Crippen molar-refractivity contribution in [3.8, 4) is 0 Å². The van der Waals surface area contributed by atoms with Gasteiger partial charge in [-0.3, -0.25) is 4.79 Å². The Morgan fingerprint density at radius 2 is 2.11 bits per heavy atom. The van der Waals surface area contributed by atoms with Crippen molar-refractivity contribution in [2.24, 2.45) is 5.92 Å². The van der Waals surface area contributed by atoms with Gasteiger partial charge in [0, 0.05) is 20.6 Å². The average Bonchev–Trinajstić information content (AvgIpc) is 2.67. The molecule has 0 spiro atoms. The summed E-state index contributed by atoms with van der Waals surface area (Å²) in [5.74, 6) is -0.315. The van der Waals surface area contributed by atoms with Gasteiger partial charge in [-0.05, 0) is 25.7 Å². The number of ether oxygens (including phenoxy) is 3. The van der Waals surface area contributed by atoms with Crippen LogP contribution in [0.2, 0.25) is 0 Å². The van der Waals surface area contributed by atoms with E-state index < -0.39 is 5.60 Å².